The second kappa shape index (κ2) is 12.7. The van der Waals surface area contributed by atoms with Crippen molar-refractivity contribution in [3.63, 3.8) is 0 Å². The Balaban J connectivity index is 1.71. The van der Waals surface area contributed by atoms with E-state index in [1.165, 1.54) is 24.8 Å². The number of aromatic nitrogens is 2. The number of hydrogen-bond acceptors (Lipinski definition) is 3. The summed E-state index contributed by atoms with van der Waals surface area (Å²) < 4.78 is 2.26. The largest absolute Gasteiger partial charge is 0.344 e. The van der Waals surface area contributed by atoms with E-state index in [1.807, 2.05) is 36.7 Å². The fourth-order valence-electron chi connectivity index (χ4n) is 7.16. The third-order valence-corrected chi connectivity index (χ3v) is 9.47. The Hall–Kier alpha value is -4.70. The van der Waals surface area contributed by atoms with Gasteiger partial charge in [-0.2, -0.15) is 0 Å². The molecule has 0 aliphatic carbocycles. The van der Waals surface area contributed by atoms with E-state index in [0.29, 0.717) is 17.1 Å². The molecule has 1 aliphatic heterocycles. The Bertz CT molecular complexity index is 2130. The van der Waals surface area contributed by atoms with E-state index in [1.54, 1.807) is 6.08 Å². The molecule has 3 heterocycles. The molecule has 0 fully saturated rings. The number of pyridine rings is 2. The van der Waals surface area contributed by atoms with Gasteiger partial charge >= 0.3 is 0 Å². The summed E-state index contributed by atoms with van der Waals surface area (Å²) in [6.45, 7) is 10.9. The number of nitrogens with zero attached hydrogens (tertiary/aromatic N) is 3. The lowest BCUT2D eigenvalue weighted by Crippen LogP contribution is -2.46. The third-order valence-electron chi connectivity index (χ3n) is 9.47. The van der Waals surface area contributed by atoms with Gasteiger partial charge in [0.25, 0.3) is 0 Å². The van der Waals surface area contributed by atoms with Gasteiger partial charge in [0.05, 0.1) is 16.6 Å². The quantitative estimate of drug-likeness (QED) is 0.170. The number of unbranched alkanes of at least 4 members (excludes halogenated alkanes) is 2. The molecular formula is C41H43N3O. The fraction of sp³-hybridized carbons (Fsp3) is 0.268. The van der Waals surface area contributed by atoms with Crippen molar-refractivity contribution in [1.29, 1.82) is 0 Å². The van der Waals surface area contributed by atoms with Crippen molar-refractivity contribution in [2.75, 3.05) is 11.9 Å². The molecule has 4 nitrogen and oxygen atoms in total. The monoisotopic (exact) mass is 593 g/mol. The van der Waals surface area contributed by atoms with Crippen LogP contribution in [0.4, 0.5) is 5.69 Å². The molecule has 4 heteroatoms. The molecule has 0 saturated heterocycles. The number of para-hydroxylation sites is 2. The van der Waals surface area contributed by atoms with E-state index in [-0.39, 0.29) is 5.43 Å². The molecular weight excluding hydrogens is 550 g/mol. The number of fused-ring (bicyclic) bond motifs is 4. The van der Waals surface area contributed by atoms with Crippen LogP contribution >= 0.6 is 0 Å². The molecule has 45 heavy (non-hydrogen) atoms. The Labute approximate surface area is 266 Å². The highest BCUT2D eigenvalue weighted by molar-refractivity contribution is 6.01. The van der Waals surface area contributed by atoms with E-state index >= 15 is 0 Å². The maximum atomic E-state index is 14.5. The number of benzene rings is 3. The molecule has 6 rings (SSSR count). The fourth-order valence-corrected chi connectivity index (χ4v) is 7.16. The van der Waals surface area contributed by atoms with Crippen molar-refractivity contribution in [2.45, 2.75) is 52.4 Å². The van der Waals surface area contributed by atoms with Crippen molar-refractivity contribution < 1.29 is 0 Å². The number of anilines is 1. The lowest BCUT2D eigenvalue weighted by molar-refractivity contribution is 0.448. The second-order valence-corrected chi connectivity index (χ2v) is 12.6. The standard InChI is InChI=1S/C41H43N3O/c1-7-9-10-18-31(27(3)4)33-21-14-22-35-40(33)44(6)38-23-28-17-13-20-34(37-26-42-25-29-16-11-12-19-32(29)37)39(28)43(5)30(15-8-2)24-36(38)41(35)45/h8,11-17,19-27,31H,2,7,9-10,18H2,1,3-6H3/b30-15-,36-24+,38-23+. The van der Waals surface area contributed by atoms with Crippen LogP contribution < -0.4 is 20.9 Å². The Morgan fingerprint density at radius 2 is 1.67 bits per heavy atom. The normalized spacial score (nSPS) is 16.0. The van der Waals surface area contributed by atoms with Gasteiger partial charge in [-0.25, -0.2) is 0 Å². The van der Waals surface area contributed by atoms with E-state index < -0.39 is 0 Å². The third kappa shape index (κ3) is 5.44. The lowest BCUT2D eigenvalue weighted by atomic mass is 9.83. The Morgan fingerprint density at radius 1 is 0.889 bits per heavy atom. The highest BCUT2D eigenvalue weighted by Crippen LogP contribution is 2.39. The summed E-state index contributed by atoms with van der Waals surface area (Å²) in [5, 5.41) is 4.63. The summed E-state index contributed by atoms with van der Waals surface area (Å²) >= 11 is 0. The summed E-state index contributed by atoms with van der Waals surface area (Å²) in [7, 11) is 4.19. The number of hydrogen-bond donors (Lipinski definition) is 0. The van der Waals surface area contributed by atoms with Crippen molar-refractivity contribution in [3.8, 4) is 11.1 Å². The molecule has 0 saturated carbocycles. The van der Waals surface area contributed by atoms with Gasteiger partial charge in [-0.3, -0.25) is 9.78 Å². The molecule has 1 aliphatic rings. The second-order valence-electron chi connectivity index (χ2n) is 12.6. The van der Waals surface area contributed by atoms with Gasteiger partial charge in [-0.15, -0.1) is 0 Å². The minimum atomic E-state index is 0.0634. The minimum Gasteiger partial charge on any atom is -0.344 e. The van der Waals surface area contributed by atoms with Gasteiger partial charge in [0.1, 0.15) is 0 Å². The first-order valence-corrected chi connectivity index (χ1v) is 16.2. The smallest absolute Gasteiger partial charge is 0.197 e. The molecule has 5 aromatic rings. The topological polar surface area (TPSA) is 38.1 Å². The average Bonchev–Trinajstić information content (AvgIpc) is 3.05. The minimum absolute atomic E-state index is 0.0634. The molecule has 1 unspecified atom stereocenters. The Morgan fingerprint density at radius 3 is 2.44 bits per heavy atom. The first-order chi connectivity index (χ1) is 21.8. The van der Waals surface area contributed by atoms with Crippen LogP contribution in [0.1, 0.15) is 63.5 Å². The zero-order valence-corrected chi connectivity index (χ0v) is 27.2. The van der Waals surface area contributed by atoms with E-state index in [0.717, 1.165) is 61.5 Å². The first kappa shape index (κ1) is 30.3. The van der Waals surface area contributed by atoms with Gasteiger partial charge in [0.15, 0.2) is 5.43 Å². The number of rotatable bonds is 8. The zero-order chi connectivity index (χ0) is 31.7. The van der Waals surface area contributed by atoms with Crippen molar-refractivity contribution >= 4 is 39.5 Å². The predicted octanol–water partition coefficient (Wildman–Crippen LogP) is 8.20. The van der Waals surface area contributed by atoms with E-state index in [2.05, 4.69) is 111 Å². The van der Waals surface area contributed by atoms with Gasteiger partial charge < -0.3 is 9.47 Å². The lowest BCUT2D eigenvalue weighted by Gasteiger charge is -2.28. The molecule has 228 valence electrons. The molecule has 0 bridgehead atoms. The summed E-state index contributed by atoms with van der Waals surface area (Å²) in [5.41, 5.74) is 7.54. The van der Waals surface area contributed by atoms with Gasteiger partial charge in [0.2, 0.25) is 0 Å². The predicted molar refractivity (Wildman–Crippen MR) is 192 cm³/mol. The molecule has 0 amide bonds. The van der Waals surface area contributed by atoms with Crippen molar-refractivity contribution in [2.24, 2.45) is 13.0 Å². The highest BCUT2D eigenvalue weighted by Gasteiger charge is 2.23. The van der Waals surface area contributed by atoms with Crippen LogP contribution in [0.2, 0.25) is 0 Å². The molecule has 0 spiro atoms. The molecule has 2 aromatic heterocycles. The van der Waals surface area contributed by atoms with E-state index in [4.69, 9.17) is 0 Å². The van der Waals surface area contributed by atoms with Crippen LogP contribution in [-0.4, -0.2) is 16.6 Å². The molecule has 3 aromatic carbocycles. The van der Waals surface area contributed by atoms with Gasteiger partial charge in [0, 0.05) is 64.9 Å². The summed E-state index contributed by atoms with van der Waals surface area (Å²) in [6, 6.07) is 21.1. The summed E-state index contributed by atoms with van der Waals surface area (Å²) in [4.78, 5) is 21.2. The molecule has 0 N–H and O–H groups in total. The maximum Gasteiger partial charge on any atom is 0.197 e. The van der Waals surface area contributed by atoms with Crippen LogP contribution in [0.5, 0.6) is 0 Å². The first-order valence-electron chi connectivity index (χ1n) is 16.2. The van der Waals surface area contributed by atoms with Crippen LogP contribution in [0.3, 0.4) is 0 Å². The Kier molecular flexibility index (Phi) is 8.58. The van der Waals surface area contributed by atoms with Gasteiger partial charge in [-0.1, -0.05) is 107 Å². The van der Waals surface area contributed by atoms with Gasteiger partial charge in [-0.05, 0) is 53.5 Å². The molecule has 0 radical (unpaired) electrons. The van der Waals surface area contributed by atoms with Crippen LogP contribution in [0.15, 0.2) is 102 Å². The zero-order valence-electron chi connectivity index (χ0n) is 27.2. The van der Waals surface area contributed by atoms with Crippen molar-refractivity contribution in [3.05, 3.63) is 129 Å². The summed E-state index contributed by atoms with van der Waals surface area (Å²) in [5.74, 6) is 0.843. The van der Waals surface area contributed by atoms with Crippen LogP contribution in [0.25, 0.3) is 45.0 Å². The number of allylic oxidation sites excluding steroid dienone is 3. The van der Waals surface area contributed by atoms with Crippen LogP contribution in [-0.2, 0) is 7.05 Å². The average molecular weight is 594 g/mol. The maximum absolute atomic E-state index is 14.5. The SMILES string of the molecule is C=C/C=C1/C=c2/c(=O)c3cccc(C(CCCCC)C(C)C)c3n(C)/c2=C/c2cccc(-c3cncc4ccccc34)c2N1C. The molecule has 1 atom stereocenters. The van der Waals surface area contributed by atoms with Crippen LogP contribution in [0, 0.1) is 5.92 Å². The highest BCUT2D eigenvalue weighted by atomic mass is 16.1. The van der Waals surface area contributed by atoms with Crippen molar-refractivity contribution in [1.82, 2.24) is 9.55 Å². The number of aryl methyl sites for hydroxylation is 1. The van der Waals surface area contributed by atoms with E-state index in [9.17, 15) is 4.79 Å². The summed E-state index contributed by atoms with van der Waals surface area (Å²) in [6.07, 6.45) is 16.6.